The van der Waals surface area contributed by atoms with E-state index in [-0.39, 0.29) is 43.8 Å². The van der Waals surface area contributed by atoms with Crippen LogP contribution in [0.4, 0.5) is 4.39 Å². The minimum absolute atomic E-state index is 0. The van der Waals surface area contributed by atoms with Crippen LogP contribution in [-0.4, -0.2) is 32.5 Å². The molecule has 3 N–H and O–H groups in total. The third kappa shape index (κ3) is 2.94. The number of aliphatic hydroxyl groups is 2. The SMILES string of the molecule is Cc1cn(C2[CH-]C(O)C(CO)=C2F)c(=O)[nH]c1=O.[Y]. The first-order valence-electron chi connectivity index (χ1n) is 5.30. The van der Waals surface area contributed by atoms with Crippen molar-refractivity contribution in [3.05, 3.63) is 50.4 Å². The van der Waals surface area contributed by atoms with Gasteiger partial charge in [0.2, 0.25) is 0 Å². The predicted molar refractivity (Wildman–Crippen MR) is 60.6 cm³/mol. The van der Waals surface area contributed by atoms with Crippen LogP contribution >= 0.6 is 0 Å². The van der Waals surface area contributed by atoms with E-state index < -0.39 is 35.8 Å². The van der Waals surface area contributed by atoms with Crippen molar-refractivity contribution in [3.63, 3.8) is 0 Å². The van der Waals surface area contributed by atoms with E-state index >= 15 is 0 Å². The van der Waals surface area contributed by atoms with Gasteiger partial charge in [0.25, 0.3) is 5.56 Å². The van der Waals surface area contributed by atoms with Crippen LogP contribution in [-0.2, 0) is 32.7 Å². The second-order valence-electron chi connectivity index (χ2n) is 4.09. The smallest absolute Gasteiger partial charge is 0.326 e. The van der Waals surface area contributed by atoms with Crippen LogP contribution in [0.1, 0.15) is 11.6 Å². The molecule has 101 valence electrons. The third-order valence-electron chi connectivity index (χ3n) is 2.90. The molecule has 19 heavy (non-hydrogen) atoms. The van der Waals surface area contributed by atoms with E-state index in [0.29, 0.717) is 0 Å². The Bertz CT molecular complexity index is 622. The number of nitrogens with one attached hydrogen (secondary N) is 1. The van der Waals surface area contributed by atoms with Crippen LogP contribution in [0.5, 0.6) is 0 Å². The summed E-state index contributed by atoms with van der Waals surface area (Å²) in [7, 11) is 0. The molecule has 1 aliphatic carbocycles. The quantitative estimate of drug-likeness (QED) is 0.611. The van der Waals surface area contributed by atoms with Gasteiger partial charge < -0.3 is 14.8 Å². The molecule has 0 bridgehead atoms. The van der Waals surface area contributed by atoms with Crippen molar-refractivity contribution in [2.75, 3.05) is 6.61 Å². The Morgan fingerprint density at radius 1 is 1.53 bits per heavy atom. The summed E-state index contributed by atoms with van der Waals surface area (Å²) in [4.78, 5) is 24.8. The number of nitrogens with zero attached hydrogens (tertiary/aromatic N) is 1. The van der Waals surface area contributed by atoms with E-state index in [0.717, 1.165) is 4.57 Å². The second-order valence-corrected chi connectivity index (χ2v) is 4.09. The fourth-order valence-electron chi connectivity index (χ4n) is 1.88. The van der Waals surface area contributed by atoms with Crippen LogP contribution in [0.3, 0.4) is 0 Å². The number of H-pyrrole nitrogens is 1. The fourth-order valence-corrected chi connectivity index (χ4v) is 1.88. The first-order valence-corrected chi connectivity index (χ1v) is 5.30. The Morgan fingerprint density at radius 3 is 2.68 bits per heavy atom. The van der Waals surface area contributed by atoms with E-state index in [1.54, 1.807) is 0 Å². The number of aliphatic hydroxyl groups excluding tert-OH is 2. The van der Waals surface area contributed by atoms with E-state index in [1.807, 2.05) is 0 Å². The average Bonchev–Trinajstić information content (AvgIpc) is 2.59. The molecule has 1 radical (unpaired) electrons. The molecule has 1 aliphatic rings. The molecule has 1 aromatic rings. The molecular weight excluding hydrogens is 332 g/mol. The first kappa shape index (κ1) is 16.4. The van der Waals surface area contributed by atoms with Gasteiger partial charge in [-0.1, -0.05) is 0 Å². The molecule has 0 aromatic carbocycles. The maximum Gasteiger partial charge on any atom is 0.326 e. The van der Waals surface area contributed by atoms with Gasteiger partial charge in [-0.05, 0) is 24.6 Å². The van der Waals surface area contributed by atoms with Crippen LogP contribution in [0, 0.1) is 13.3 Å². The van der Waals surface area contributed by atoms with Gasteiger partial charge >= 0.3 is 5.69 Å². The zero-order valence-corrected chi connectivity index (χ0v) is 13.0. The van der Waals surface area contributed by atoms with Crippen LogP contribution in [0.25, 0.3) is 0 Å². The molecule has 1 heterocycles. The molecule has 6 nitrogen and oxygen atoms in total. The molecule has 0 amide bonds. The van der Waals surface area contributed by atoms with Gasteiger partial charge in [0, 0.05) is 44.5 Å². The van der Waals surface area contributed by atoms with Crippen LogP contribution in [0.15, 0.2) is 27.2 Å². The van der Waals surface area contributed by atoms with Gasteiger partial charge in [-0.3, -0.25) is 16.2 Å². The Balaban J connectivity index is 0.00000180. The van der Waals surface area contributed by atoms with Crippen LogP contribution in [0.2, 0.25) is 0 Å². The molecule has 8 heteroatoms. The van der Waals surface area contributed by atoms with E-state index in [1.165, 1.54) is 19.5 Å². The van der Waals surface area contributed by atoms with Crippen molar-refractivity contribution in [2.45, 2.75) is 19.1 Å². The van der Waals surface area contributed by atoms with Crippen molar-refractivity contribution in [1.82, 2.24) is 9.55 Å². The standard InChI is InChI=1S/C11H12FN2O4.Y/c1-5-3-14(11(18)13-10(5)17)7-2-8(16)6(4-15)9(7)12;/h2-3,7-8,15-16H,4H2,1H3,(H,13,17,18);/q-1;. The summed E-state index contributed by atoms with van der Waals surface area (Å²) >= 11 is 0. The Kier molecular flexibility index (Phi) is 5.37. The molecule has 2 atom stereocenters. The normalized spacial score (nSPS) is 22.5. The molecule has 0 saturated heterocycles. The number of halogens is 1. The Hall–Kier alpha value is -0.626. The summed E-state index contributed by atoms with van der Waals surface area (Å²) in [6.07, 6.45) is 1.16. The molecule has 0 spiro atoms. The predicted octanol–water partition coefficient (Wildman–Crippen LogP) is -0.822. The van der Waals surface area contributed by atoms with Gasteiger partial charge in [-0.2, -0.15) is 0 Å². The number of allylic oxidation sites excluding steroid dienone is 1. The molecule has 2 unspecified atom stereocenters. The van der Waals surface area contributed by atoms with E-state index in [4.69, 9.17) is 5.11 Å². The Labute approximate surface area is 132 Å². The number of hydrogen-bond donors (Lipinski definition) is 3. The van der Waals surface area contributed by atoms with Crippen molar-refractivity contribution in [1.29, 1.82) is 0 Å². The third-order valence-corrected chi connectivity index (χ3v) is 2.90. The van der Waals surface area contributed by atoms with Crippen molar-refractivity contribution >= 4 is 0 Å². The minimum atomic E-state index is -1.24. The van der Waals surface area contributed by atoms with Gasteiger partial charge in [0.15, 0.2) is 0 Å². The van der Waals surface area contributed by atoms with Gasteiger partial charge in [-0.15, -0.1) is 0 Å². The molecule has 0 aliphatic heterocycles. The maximum absolute atomic E-state index is 13.9. The zero-order chi connectivity index (χ0) is 13.4. The summed E-state index contributed by atoms with van der Waals surface area (Å²) in [5, 5.41) is 18.4. The van der Waals surface area contributed by atoms with Crippen molar-refractivity contribution < 1.29 is 47.3 Å². The Morgan fingerprint density at radius 2 is 2.16 bits per heavy atom. The van der Waals surface area contributed by atoms with Crippen molar-refractivity contribution in [3.8, 4) is 0 Å². The number of aryl methyl sites for hydroxylation is 1. The van der Waals surface area contributed by atoms with E-state index in [9.17, 15) is 19.1 Å². The van der Waals surface area contributed by atoms with Gasteiger partial charge in [0.05, 0.1) is 12.4 Å². The second kappa shape index (κ2) is 6.22. The number of rotatable bonds is 2. The molecular formula is C11H12FN2O4Y-. The topological polar surface area (TPSA) is 95.3 Å². The summed E-state index contributed by atoms with van der Waals surface area (Å²) in [5.74, 6) is -0.779. The number of hydrogen-bond acceptors (Lipinski definition) is 4. The molecule has 2 rings (SSSR count). The first-order chi connectivity index (χ1) is 8.45. The summed E-state index contributed by atoms with van der Waals surface area (Å²) in [6.45, 7) is 0.853. The summed E-state index contributed by atoms with van der Waals surface area (Å²) < 4.78 is 14.8. The van der Waals surface area contributed by atoms with Gasteiger partial charge in [-0.25, -0.2) is 9.18 Å². The monoisotopic (exact) mass is 344 g/mol. The average molecular weight is 344 g/mol. The summed E-state index contributed by atoms with van der Waals surface area (Å²) in [6, 6.07) is -1.11. The van der Waals surface area contributed by atoms with E-state index in [2.05, 4.69) is 4.98 Å². The number of aromatic amines is 1. The van der Waals surface area contributed by atoms with Crippen LogP contribution < -0.4 is 11.2 Å². The maximum atomic E-state index is 13.9. The van der Waals surface area contributed by atoms with Crippen molar-refractivity contribution in [2.24, 2.45) is 0 Å². The number of aromatic nitrogens is 2. The largest absolute Gasteiger partial charge is 0.421 e. The minimum Gasteiger partial charge on any atom is -0.421 e. The zero-order valence-electron chi connectivity index (χ0n) is 10.1. The van der Waals surface area contributed by atoms with Gasteiger partial charge in [0.1, 0.15) is 0 Å². The summed E-state index contributed by atoms with van der Waals surface area (Å²) in [5.41, 5.74) is -1.23. The molecule has 1 aromatic heterocycles. The molecule has 0 fully saturated rings. The molecule has 0 saturated carbocycles. The fraction of sp³-hybridized carbons (Fsp3) is 0.364.